The molecular formula is C14H15N3OS. The first-order chi connectivity index (χ1) is 9.22. The van der Waals surface area contributed by atoms with Gasteiger partial charge in [0.1, 0.15) is 18.4 Å². The van der Waals surface area contributed by atoms with Gasteiger partial charge in [0.15, 0.2) is 0 Å². The second-order valence-electron chi connectivity index (χ2n) is 4.22. The van der Waals surface area contributed by atoms with E-state index in [2.05, 4.69) is 16.2 Å². The van der Waals surface area contributed by atoms with Crippen molar-refractivity contribution in [2.24, 2.45) is 4.99 Å². The maximum absolute atomic E-state index is 8.71. The highest BCUT2D eigenvalue weighted by atomic mass is 32.2. The molecule has 1 aromatic heterocycles. The lowest BCUT2D eigenvalue weighted by Gasteiger charge is -2.19. The summed E-state index contributed by atoms with van der Waals surface area (Å²) < 4.78 is 5.60. The number of pyridine rings is 1. The monoisotopic (exact) mass is 273 g/mol. The summed E-state index contributed by atoms with van der Waals surface area (Å²) in [6.07, 6.45) is 5.68. The Morgan fingerprint density at radius 3 is 2.95 bits per heavy atom. The molecule has 1 aliphatic heterocycles. The van der Waals surface area contributed by atoms with Crippen LogP contribution in [-0.4, -0.2) is 35.5 Å². The quantitative estimate of drug-likeness (QED) is 0.849. The van der Waals surface area contributed by atoms with Gasteiger partial charge in [-0.15, -0.1) is 0 Å². The van der Waals surface area contributed by atoms with Crippen LogP contribution in [0.15, 0.2) is 29.4 Å². The van der Waals surface area contributed by atoms with Crippen molar-refractivity contribution in [1.29, 1.82) is 5.26 Å². The van der Waals surface area contributed by atoms with E-state index >= 15 is 0 Å². The molecule has 1 atom stereocenters. The van der Waals surface area contributed by atoms with E-state index < -0.39 is 0 Å². The lowest BCUT2D eigenvalue weighted by molar-refractivity contribution is 0.291. The number of aliphatic imine (C=N–C) groups is 1. The zero-order valence-corrected chi connectivity index (χ0v) is 11.8. The van der Waals surface area contributed by atoms with Gasteiger partial charge in [0.05, 0.1) is 11.8 Å². The van der Waals surface area contributed by atoms with Crippen molar-refractivity contribution in [2.45, 2.75) is 12.2 Å². The number of hydrogen-bond donors (Lipinski definition) is 0. The van der Waals surface area contributed by atoms with Crippen LogP contribution in [0.25, 0.3) is 5.57 Å². The van der Waals surface area contributed by atoms with Gasteiger partial charge in [-0.05, 0) is 30.4 Å². The molecule has 98 valence electrons. The SMILES string of the molecule is CSC1CN=C(/C=C(\C)c2ccc(C#N)nc2)OC1. The van der Waals surface area contributed by atoms with Gasteiger partial charge in [0, 0.05) is 12.3 Å². The van der Waals surface area contributed by atoms with Crippen LogP contribution >= 0.6 is 11.8 Å². The Morgan fingerprint density at radius 1 is 1.58 bits per heavy atom. The largest absolute Gasteiger partial charge is 0.477 e. The number of nitriles is 1. The third-order valence-corrected chi connectivity index (χ3v) is 3.83. The Hall–Kier alpha value is -1.80. The van der Waals surface area contributed by atoms with E-state index in [-0.39, 0.29) is 0 Å². The number of allylic oxidation sites excluding steroid dienone is 1. The average Bonchev–Trinajstić information content (AvgIpc) is 2.48. The molecule has 0 saturated carbocycles. The molecule has 4 nitrogen and oxygen atoms in total. The lowest BCUT2D eigenvalue weighted by Crippen LogP contribution is -2.24. The highest BCUT2D eigenvalue weighted by molar-refractivity contribution is 7.99. The molecule has 0 aliphatic carbocycles. The van der Waals surface area contributed by atoms with Gasteiger partial charge in [-0.25, -0.2) is 4.98 Å². The number of rotatable bonds is 3. The van der Waals surface area contributed by atoms with Gasteiger partial charge in [0.25, 0.3) is 0 Å². The van der Waals surface area contributed by atoms with E-state index in [0.717, 1.165) is 17.7 Å². The Labute approximate surface area is 117 Å². The van der Waals surface area contributed by atoms with E-state index in [1.807, 2.05) is 25.1 Å². The molecule has 0 aromatic carbocycles. The fourth-order valence-corrected chi connectivity index (χ4v) is 2.09. The first-order valence-electron chi connectivity index (χ1n) is 5.98. The molecule has 19 heavy (non-hydrogen) atoms. The third-order valence-electron chi connectivity index (χ3n) is 2.87. The summed E-state index contributed by atoms with van der Waals surface area (Å²) in [5.74, 6) is 0.673. The van der Waals surface area contributed by atoms with E-state index in [0.29, 0.717) is 23.4 Å². The van der Waals surface area contributed by atoms with Gasteiger partial charge >= 0.3 is 0 Å². The minimum absolute atomic E-state index is 0.422. The summed E-state index contributed by atoms with van der Waals surface area (Å²) >= 11 is 1.77. The summed E-state index contributed by atoms with van der Waals surface area (Å²) in [6.45, 7) is 3.48. The van der Waals surface area contributed by atoms with E-state index in [1.54, 1.807) is 24.0 Å². The van der Waals surface area contributed by atoms with Crippen molar-refractivity contribution in [3.8, 4) is 6.07 Å². The molecule has 2 heterocycles. The van der Waals surface area contributed by atoms with E-state index in [1.165, 1.54) is 0 Å². The summed E-state index contributed by atoms with van der Waals surface area (Å²) in [5, 5.41) is 9.16. The zero-order chi connectivity index (χ0) is 13.7. The third kappa shape index (κ3) is 3.58. The van der Waals surface area contributed by atoms with Crippen LogP contribution in [-0.2, 0) is 4.74 Å². The molecule has 1 aromatic rings. The van der Waals surface area contributed by atoms with Crippen LogP contribution in [0.2, 0.25) is 0 Å². The van der Waals surface area contributed by atoms with Crippen molar-refractivity contribution in [3.63, 3.8) is 0 Å². The number of nitrogens with zero attached hydrogens (tertiary/aromatic N) is 3. The van der Waals surface area contributed by atoms with Crippen molar-refractivity contribution < 1.29 is 4.74 Å². The van der Waals surface area contributed by atoms with Gasteiger partial charge in [0.2, 0.25) is 5.90 Å². The van der Waals surface area contributed by atoms with Gasteiger partial charge < -0.3 is 4.74 Å². The fraction of sp³-hybridized carbons (Fsp3) is 0.357. The predicted molar refractivity (Wildman–Crippen MR) is 78.2 cm³/mol. The molecule has 0 amide bonds. The molecule has 0 spiro atoms. The second kappa shape index (κ2) is 6.39. The summed E-state index contributed by atoms with van der Waals surface area (Å²) in [7, 11) is 0. The number of hydrogen-bond acceptors (Lipinski definition) is 5. The lowest BCUT2D eigenvalue weighted by atomic mass is 10.1. The van der Waals surface area contributed by atoms with Crippen molar-refractivity contribution in [1.82, 2.24) is 4.98 Å². The Bertz CT molecular complexity index is 543. The van der Waals surface area contributed by atoms with Crippen molar-refractivity contribution >= 4 is 23.2 Å². The first-order valence-corrected chi connectivity index (χ1v) is 7.26. The highest BCUT2D eigenvalue weighted by Crippen LogP contribution is 2.16. The molecule has 0 saturated heterocycles. The van der Waals surface area contributed by atoms with Gasteiger partial charge in [-0.1, -0.05) is 6.07 Å². The molecule has 0 N–H and O–H groups in total. The van der Waals surface area contributed by atoms with Crippen molar-refractivity contribution in [3.05, 3.63) is 35.7 Å². The maximum atomic E-state index is 8.71. The van der Waals surface area contributed by atoms with Gasteiger partial charge in [-0.2, -0.15) is 17.0 Å². The van der Waals surface area contributed by atoms with Gasteiger partial charge in [-0.3, -0.25) is 4.99 Å². The number of thioether (sulfide) groups is 1. The Balaban J connectivity index is 2.10. The highest BCUT2D eigenvalue weighted by Gasteiger charge is 2.14. The van der Waals surface area contributed by atoms with Crippen molar-refractivity contribution in [2.75, 3.05) is 19.4 Å². The molecule has 0 radical (unpaired) electrons. The minimum atomic E-state index is 0.422. The predicted octanol–water partition coefficient (Wildman–Crippen LogP) is 2.52. The Kier molecular flexibility index (Phi) is 4.58. The molecule has 0 bridgehead atoms. The number of ether oxygens (including phenoxy) is 1. The second-order valence-corrected chi connectivity index (χ2v) is 5.36. The zero-order valence-electron chi connectivity index (χ0n) is 11.0. The van der Waals surface area contributed by atoms with Crippen LogP contribution in [0.1, 0.15) is 18.2 Å². The molecule has 1 unspecified atom stereocenters. The van der Waals surface area contributed by atoms with E-state index in [9.17, 15) is 0 Å². The minimum Gasteiger partial charge on any atom is -0.477 e. The maximum Gasteiger partial charge on any atom is 0.208 e. The molecule has 0 fully saturated rings. The topological polar surface area (TPSA) is 58.3 Å². The Morgan fingerprint density at radius 2 is 2.42 bits per heavy atom. The molecule has 2 rings (SSSR count). The molecular weight excluding hydrogens is 258 g/mol. The van der Waals surface area contributed by atoms with E-state index in [4.69, 9.17) is 10.00 Å². The van der Waals surface area contributed by atoms with Crippen LogP contribution < -0.4 is 0 Å². The molecule has 5 heteroatoms. The number of aromatic nitrogens is 1. The van der Waals surface area contributed by atoms with Crippen LogP contribution in [0, 0.1) is 11.3 Å². The summed E-state index contributed by atoms with van der Waals surface area (Å²) in [5.41, 5.74) is 2.42. The standard InChI is InChI=1S/C14H15N3OS/c1-10(11-3-4-12(6-15)16-7-11)5-14-17-8-13(19-2)9-18-14/h3-5,7,13H,8-9H2,1-2H3/b10-5+. The van der Waals surface area contributed by atoms with Crippen LogP contribution in [0.5, 0.6) is 0 Å². The summed E-state index contributed by atoms with van der Waals surface area (Å²) in [4.78, 5) is 8.46. The average molecular weight is 273 g/mol. The normalized spacial score (nSPS) is 19.3. The molecule has 1 aliphatic rings. The van der Waals surface area contributed by atoms with Crippen LogP contribution in [0.4, 0.5) is 0 Å². The van der Waals surface area contributed by atoms with Crippen LogP contribution in [0.3, 0.4) is 0 Å². The summed E-state index contributed by atoms with van der Waals surface area (Å²) in [6, 6.07) is 5.59. The first kappa shape index (κ1) is 13.6. The smallest absolute Gasteiger partial charge is 0.208 e. The fourth-order valence-electron chi connectivity index (χ4n) is 1.66.